The maximum absolute atomic E-state index is 14.5. The predicted molar refractivity (Wildman–Crippen MR) is 192 cm³/mol. The van der Waals surface area contributed by atoms with Crippen molar-refractivity contribution in [1.29, 1.82) is 0 Å². The van der Waals surface area contributed by atoms with Crippen molar-refractivity contribution in [3.8, 4) is 11.6 Å². The van der Waals surface area contributed by atoms with E-state index < -0.39 is 68.2 Å². The minimum Gasteiger partial charge on any atom is -0.494 e. The Morgan fingerprint density at radius 3 is 2.63 bits per heavy atom. The van der Waals surface area contributed by atoms with Gasteiger partial charge in [0.2, 0.25) is 27.7 Å². The van der Waals surface area contributed by atoms with Crippen LogP contribution in [0.2, 0.25) is 5.02 Å². The second-order valence-electron chi connectivity index (χ2n) is 14.9. The van der Waals surface area contributed by atoms with E-state index >= 15 is 0 Å². The van der Waals surface area contributed by atoms with Crippen molar-refractivity contribution in [1.82, 2.24) is 25.2 Å². The van der Waals surface area contributed by atoms with Gasteiger partial charge in [-0.15, -0.1) is 0 Å². The van der Waals surface area contributed by atoms with Crippen LogP contribution in [0.5, 0.6) is 11.6 Å². The summed E-state index contributed by atoms with van der Waals surface area (Å²) in [5.41, 5.74) is -1.56. The summed E-state index contributed by atoms with van der Waals surface area (Å²) in [6.45, 7) is 5.42. The number of fused-ring (bicyclic) bond motifs is 3. The number of carbonyl (C=O) groups excluding carboxylic acids is 3. The third-order valence-electron chi connectivity index (χ3n) is 11.2. The monoisotopic (exact) mass is 759 g/mol. The van der Waals surface area contributed by atoms with Gasteiger partial charge in [0.15, 0.2) is 0 Å². The molecule has 3 heterocycles. The molecule has 2 aliphatic carbocycles. The molecule has 3 fully saturated rings. The zero-order chi connectivity index (χ0) is 37.6. The first-order valence-electron chi connectivity index (χ1n) is 17.8. The first-order chi connectivity index (χ1) is 24.6. The zero-order valence-electron chi connectivity index (χ0n) is 29.7. The number of amides is 4. The fraction of sp³-hybridized carbons (Fsp3) is 0.583. The van der Waals surface area contributed by atoms with Crippen molar-refractivity contribution < 1.29 is 42.2 Å². The zero-order valence-corrected chi connectivity index (χ0v) is 31.3. The molecule has 2 aromatic rings. The molecule has 4 amide bonds. The van der Waals surface area contributed by atoms with Gasteiger partial charge in [-0.3, -0.25) is 19.1 Å². The number of halogens is 1. The van der Waals surface area contributed by atoms with E-state index in [1.165, 1.54) is 18.2 Å². The highest BCUT2D eigenvalue weighted by atomic mass is 35.5. The lowest BCUT2D eigenvalue weighted by Gasteiger charge is -2.33. The number of nitrogens with zero attached hydrogens (tertiary/aromatic N) is 2. The van der Waals surface area contributed by atoms with Crippen LogP contribution in [-0.4, -0.2) is 89.4 Å². The van der Waals surface area contributed by atoms with Gasteiger partial charge in [0.1, 0.15) is 29.5 Å². The normalized spacial score (nSPS) is 30.8. The first-order valence-corrected chi connectivity index (χ1v) is 19.6. The van der Waals surface area contributed by atoms with Crippen LogP contribution in [0.15, 0.2) is 36.5 Å². The molecular weight excluding hydrogens is 714 g/mol. The number of hydrogen-bond donors (Lipinski definition) is 4. The van der Waals surface area contributed by atoms with Crippen molar-refractivity contribution in [2.75, 3.05) is 13.7 Å². The average molecular weight is 760 g/mol. The minimum atomic E-state index is -4.01. The van der Waals surface area contributed by atoms with Gasteiger partial charge in [-0.25, -0.2) is 18.2 Å². The molecule has 1 aromatic heterocycles. The maximum atomic E-state index is 14.5. The SMILES string of the molecule is CC[C@@H]1C[C@H](C)CC/C=C\[C@@H]2C[C@@]2(C(=O)NS(=O)(=O)C2(C)CC2)NC(=O)[C@@H]2C[C@@H](Oc3ncc(OC)c4c(Cl)cccc34)CN2C(=O)[C@H]1NC(=O)O. The quantitative estimate of drug-likeness (QED) is 0.284. The molecule has 16 heteroatoms. The lowest BCUT2D eigenvalue weighted by atomic mass is 9.85. The summed E-state index contributed by atoms with van der Waals surface area (Å²) < 4.78 is 39.3. The molecule has 6 rings (SSSR count). The third-order valence-corrected chi connectivity index (χ3v) is 13.6. The second kappa shape index (κ2) is 14.4. The van der Waals surface area contributed by atoms with Crippen LogP contribution in [0.3, 0.4) is 0 Å². The number of nitrogens with one attached hydrogen (secondary N) is 3. The minimum absolute atomic E-state index is 0.0189. The molecule has 0 unspecified atom stereocenters. The van der Waals surface area contributed by atoms with E-state index in [-0.39, 0.29) is 37.1 Å². The van der Waals surface area contributed by atoms with E-state index in [0.717, 1.165) is 6.42 Å². The Balaban J connectivity index is 1.36. The third kappa shape index (κ3) is 7.26. The van der Waals surface area contributed by atoms with Gasteiger partial charge in [0, 0.05) is 23.1 Å². The smallest absolute Gasteiger partial charge is 0.405 e. The Hall–Kier alpha value is -4.11. The van der Waals surface area contributed by atoms with Crippen LogP contribution in [0.25, 0.3) is 10.8 Å². The molecule has 2 aliphatic heterocycles. The van der Waals surface area contributed by atoms with Crippen LogP contribution in [0.4, 0.5) is 4.79 Å². The topological polar surface area (TPSA) is 193 Å². The number of carboxylic acid groups (broad SMARTS) is 1. The molecular formula is C36H46ClN5O9S. The lowest BCUT2D eigenvalue weighted by Crippen LogP contribution is -2.59. The van der Waals surface area contributed by atoms with Crippen molar-refractivity contribution in [2.45, 2.75) is 101 Å². The van der Waals surface area contributed by atoms with Gasteiger partial charge in [0.25, 0.3) is 5.91 Å². The molecule has 14 nitrogen and oxygen atoms in total. The van der Waals surface area contributed by atoms with Gasteiger partial charge in [-0.1, -0.05) is 50.1 Å². The van der Waals surface area contributed by atoms with Gasteiger partial charge >= 0.3 is 6.09 Å². The molecule has 0 spiro atoms. The number of rotatable bonds is 8. The highest BCUT2D eigenvalue weighted by molar-refractivity contribution is 7.91. The summed E-state index contributed by atoms with van der Waals surface area (Å²) in [5, 5.41) is 16.7. The van der Waals surface area contributed by atoms with Crippen molar-refractivity contribution in [3.63, 3.8) is 0 Å². The lowest BCUT2D eigenvalue weighted by molar-refractivity contribution is -0.142. The highest BCUT2D eigenvalue weighted by Gasteiger charge is 2.63. The number of hydrogen-bond acceptors (Lipinski definition) is 9. The van der Waals surface area contributed by atoms with Crippen molar-refractivity contribution in [3.05, 3.63) is 41.6 Å². The molecule has 7 atom stereocenters. The number of ether oxygens (including phenoxy) is 2. The molecule has 1 saturated heterocycles. The molecule has 0 radical (unpaired) electrons. The highest BCUT2D eigenvalue weighted by Crippen LogP contribution is 2.48. The van der Waals surface area contributed by atoms with E-state index in [1.54, 1.807) is 25.1 Å². The van der Waals surface area contributed by atoms with Crippen LogP contribution in [-0.2, 0) is 24.4 Å². The molecule has 2 saturated carbocycles. The first kappa shape index (κ1) is 37.6. The van der Waals surface area contributed by atoms with Crippen LogP contribution >= 0.6 is 11.6 Å². The summed E-state index contributed by atoms with van der Waals surface area (Å²) in [4.78, 5) is 60.5. The molecule has 1 aromatic carbocycles. The second-order valence-corrected chi connectivity index (χ2v) is 17.5. The van der Waals surface area contributed by atoms with E-state index in [1.807, 2.05) is 26.0 Å². The molecule has 282 valence electrons. The summed E-state index contributed by atoms with van der Waals surface area (Å²) >= 11 is 6.52. The number of benzene rings is 1. The summed E-state index contributed by atoms with van der Waals surface area (Å²) in [6.07, 6.45) is 6.54. The number of carbonyl (C=O) groups is 4. The van der Waals surface area contributed by atoms with Gasteiger partial charge in [0.05, 0.1) is 29.6 Å². The Morgan fingerprint density at radius 2 is 1.96 bits per heavy atom. The number of allylic oxidation sites excluding steroid dienone is 1. The Morgan fingerprint density at radius 1 is 1.21 bits per heavy atom. The van der Waals surface area contributed by atoms with E-state index in [2.05, 4.69) is 20.3 Å². The summed E-state index contributed by atoms with van der Waals surface area (Å²) in [6, 6.07) is 2.85. The molecule has 4 N–H and O–H groups in total. The summed E-state index contributed by atoms with van der Waals surface area (Å²) in [5.74, 6) is -2.19. The fourth-order valence-corrected chi connectivity index (χ4v) is 9.14. The van der Waals surface area contributed by atoms with Crippen molar-refractivity contribution in [2.24, 2.45) is 17.8 Å². The number of pyridine rings is 1. The number of methoxy groups -OCH3 is 1. The van der Waals surface area contributed by atoms with E-state index in [0.29, 0.717) is 53.6 Å². The molecule has 52 heavy (non-hydrogen) atoms. The van der Waals surface area contributed by atoms with Crippen molar-refractivity contribution >= 4 is 56.2 Å². The average Bonchev–Trinajstić information content (AvgIpc) is 3.98. The van der Waals surface area contributed by atoms with Crippen LogP contribution in [0, 0.1) is 17.8 Å². The van der Waals surface area contributed by atoms with Gasteiger partial charge in [-0.05, 0) is 69.4 Å². The fourth-order valence-electron chi connectivity index (χ4n) is 7.56. The summed E-state index contributed by atoms with van der Waals surface area (Å²) in [7, 11) is -2.52. The Kier molecular flexibility index (Phi) is 10.4. The van der Waals surface area contributed by atoms with Gasteiger partial charge < -0.3 is 30.1 Å². The van der Waals surface area contributed by atoms with Crippen LogP contribution < -0.4 is 24.8 Å². The number of sulfonamides is 1. The molecule has 0 bridgehead atoms. The number of aromatic nitrogens is 1. The predicted octanol–water partition coefficient (Wildman–Crippen LogP) is 4.16. The standard InChI is InChI=1S/C36H46ClN5O9S/c1-5-21-15-20(2)9-6-7-10-22-17-36(22,33(45)41-52(48,49)35(3)13-14-35)40-30(43)26-16-23(19-42(26)32(44)29(21)39-34(46)47)51-31-24-11-8-12-25(37)28(24)27(50-4)18-38-31/h7-8,10-12,18,20-23,26,29,39H,5-6,9,13-17,19H2,1-4H3,(H,40,43)(H,41,45)(H,46,47)/b10-7-/t20-,21-,22-,23-,26+,29+,36-/m1/s1. The Bertz CT molecular complexity index is 1900. The Labute approximate surface area is 308 Å². The van der Waals surface area contributed by atoms with E-state index in [9.17, 15) is 32.7 Å². The molecule has 4 aliphatic rings. The van der Waals surface area contributed by atoms with Gasteiger partial charge in [-0.2, -0.15) is 0 Å². The largest absolute Gasteiger partial charge is 0.494 e. The van der Waals surface area contributed by atoms with Crippen LogP contribution in [0.1, 0.15) is 72.1 Å². The maximum Gasteiger partial charge on any atom is 0.405 e. The van der Waals surface area contributed by atoms with E-state index in [4.69, 9.17) is 21.1 Å².